The first-order valence-electron chi connectivity index (χ1n) is 5.00. The van der Waals surface area contributed by atoms with Gasteiger partial charge in [0.15, 0.2) is 0 Å². The van der Waals surface area contributed by atoms with E-state index in [-0.39, 0.29) is 0 Å². The van der Waals surface area contributed by atoms with Gasteiger partial charge in [-0.1, -0.05) is 0 Å². The molecule has 1 fully saturated rings. The molecule has 0 bridgehead atoms. The maximum atomic E-state index is 11.7. The van der Waals surface area contributed by atoms with Gasteiger partial charge in [-0.25, -0.2) is 4.79 Å². The van der Waals surface area contributed by atoms with Gasteiger partial charge in [0, 0.05) is 6.54 Å². The average Bonchev–Trinajstić information content (AvgIpc) is 2.47. The molecule has 86 valence electrons. The third-order valence-electron chi connectivity index (χ3n) is 2.14. The zero-order valence-electron chi connectivity index (χ0n) is 9.25. The molecular weight excluding hydrogens is 218 g/mol. The van der Waals surface area contributed by atoms with E-state index < -0.39 is 23.0 Å². The van der Waals surface area contributed by atoms with Crippen LogP contribution in [0.4, 0.5) is 4.79 Å². The van der Waals surface area contributed by atoms with Crippen molar-refractivity contribution < 1.29 is 14.3 Å². The molecule has 1 aliphatic rings. The molecule has 1 heterocycles. The molecule has 0 aliphatic carbocycles. The summed E-state index contributed by atoms with van der Waals surface area (Å²) in [4.78, 5) is 24.1. The van der Waals surface area contributed by atoms with Gasteiger partial charge in [0.25, 0.3) is 0 Å². The molecule has 1 aliphatic heterocycles. The lowest BCUT2D eigenvalue weighted by molar-refractivity contribution is -0.115. The van der Waals surface area contributed by atoms with Gasteiger partial charge >= 0.3 is 6.09 Å². The SMILES string of the molecule is CC(C)(C)OC(=O)N1CCC[C@H]1C(=O)Cl. The number of hydrogen-bond acceptors (Lipinski definition) is 3. The Morgan fingerprint density at radius 2 is 2.00 bits per heavy atom. The van der Waals surface area contributed by atoms with E-state index in [4.69, 9.17) is 16.3 Å². The van der Waals surface area contributed by atoms with Crippen molar-refractivity contribution in [2.24, 2.45) is 0 Å². The molecule has 0 aromatic rings. The van der Waals surface area contributed by atoms with Gasteiger partial charge in [0.2, 0.25) is 5.24 Å². The van der Waals surface area contributed by atoms with Crippen LogP contribution in [0.2, 0.25) is 0 Å². The molecule has 0 unspecified atom stereocenters. The van der Waals surface area contributed by atoms with Crippen molar-refractivity contribution in [3.63, 3.8) is 0 Å². The first-order valence-corrected chi connectivity index (χ1v) is 5.38. The van der Waals surface area contributed by atoms with E-state index in [2.05, 4.69) is 0 Å². The summed E-state index contributed by atoms with van der Waals surface area (Å²) in [6, 6.07) is -0.512. The topological polar surface area (TPSA) is 46.6 Å². The monoisotopic (exact) mass is 233 g/mol. The molecule has 0 aromatic heterocycles. The highest BCUT2D eigenvalue weighted by Crippen LogP contribution is 2.22. The molecule has 0 saturated carbocycles. The minimum absolute atomic E-state index is 0.459. The van der Waals surface area contributed by atoms with Gasteiger partial charge in [0.05, 0.1) is 0 Å². The summed E-state index contributed by atoms with van der Waals surface area (Å²) in [6.07, 6.45) is 0.961. The molecule has 1 amide bonds. The molecule has 0 radical (unpaired) electrons. The minimum atomic E-state index is -0.542. The maximum absolute atomic E-state index is 11.7. The Bertz CT molecular complexity index is 272. The van der Waals surface area contributed by atoms with Gasteiger partial charge in [-0.3, -0.25) is 9.69 Å². The molecular formula is C10H16ClNO3. The van der Waals surface area contributed by atoms with Gasteiger partial charge in [-0.2, -0.15) is 0 Å². The summed E-state index contributed by atoms with van der Waals surface area (Å²) in [5.41, 5.74) is -0.542. The summed E-state index contributed by atoms with van der Waals surface area (Å²) in [5, 5.41) is -0.488. The Morgan fingerprint density at radius 1 is 1.40 bits per heavy atom. The lowest BCUT2D eigenvalue weighted by Crippen LogP contribution is -2.42. The lowest BCUT2D eigenvalue weighted by Gasteiger charge is -2.26. The van der Waals surface area contributed by atoms with Crippen LogP contribution < -0.4 is 0 Å². The fourth-order valence-corrected chi connectivity index (χ4v) is 1.77. The molecule has 1 atom stereocenters. The van der Waals surface area contributed by atoms with Crippen molar-refractivity contribution in [3.05, 3.63) is 0 Å². The predicted molar refractivity (Wildman–Crippen MR) is 56.8 cm³/mol. The largest absolute Gasteiger partial charge is 0.444 e. The number of rotatable bonds is 1. The van der Waals surface area contributed by atoms with Crippen molar-refractivity contribution in [1.82, 2.24) is 4.90 Å². The van der Waals surface area contributed by atoms with E-state index in [0.29, 0.717) is 13.0 Å². The Hall–Kier alpha value is -0.770. The Morgan fingerprint density at radius 3 is 2.47 bits per heavy atom. The molecule has 4 nitrogen and oxygen atoms in total. The van der Waals surface area contributed by atoms with Crippen molar-refractivity contribution in [2.75, 3.05) is 6.54 Å². The van der Waals surface area contributed by atoms with Crippen LogP contribution in [0.25, 0.3) is 0 Å². The number of nitrogens with zero attached hydrogens (tertiary/aromatic N) is 1. The highest BCUT2D eigenvalue weighted by atomic mass is 35.5. The fourth-order valence-electron chi connectivity index (χ4n) is 1.54. The summed E-state index contributed by atoms with van der Waals surface area (Å²) < 4.78 is 5.18. The summed E-state index contributed by atoms with van der Waals surface area (Å²) in [6.45, 7) is 5.91. The van der Waals surface area contributed by atoms with Crippen LogP contribution in [-0.4, -0.2) is 34.4 Å². The number of carbonyl (C=O) groups excluding carboxylic acids is 2. The number of hydrogen-bond donors (Lipinski definition) is 0. The number of carbonyl (C=O) groups is 2. The fraction of sp³-hybridized carbons (Fsp3) is 0.800. The van der Waals surface area contributed by atoms with E-state index >= 15 is 0 Å². The van der Waals surface area contributed by atoms with E-state index in [1.54, 1.807) is 20.8 Å². The third-order valence-corrected chi connectivity index (χ3v) is 2.39. The standard InChI is InChI=1S/C10H16ClNO3/c1-10(2,3)15-9(14)12-6-4-5-7(12)8(11)13/h7H,4-6H2,1-3H3/t7-/m0/s1. The predicted octanol–water partition coefficient (Wildman–Crippen LogP) is 2.15. The molecule has 0 spiro atoms. The van der Waals surface area contributed by atoms with Gasteiger partial charge in [0.1, 0.15) is 11.6 Å². The van der Waals surface area contributed by atoms with E-state index in [1.807, 2.05) is 0 Å². The Balaban J connectivity index is 2.63. The summed E-state index contributed by atoms with van der Waals surface area (Å²) >= 11 is 5.41. The van der Waals surface area contributed by atoms with Crippen LogP contribution >= 0.6 is 11.6 Å². The van der Waals surface area contributed by atoms with Crippen LogP contribution in [0.5, 0.6) is 0 Å². The normalized spacial score (nSPS) is 21.6. The second-order valence-corrected chi connectivity index (χ2v) is 5.01. The van der Waals surface area contributed by atoms with E-state index in [0.717, 1.165) is 6.42 Å². The van der Waals surface area contributed by atoms with Crippen LogP contribution in [0.1, 0.15) is 33.6 Å². The molecule has 0 aromatic carbocycles. The number of amides is 1. The average molecular weight is 234 g/mol. The van der Waals surface area contributed by atoms with Crippen LogP contribution in [-0.2, 0) is 9.53 Å². The zero-order chi connectivity index (χ0) is 11.6. The number of likely N-dealkylation sites (tertiary alicyclic amines) is 1. The van der Waals surface area contributed by atoms with Crippen molar-refractivity contribution in [2.45, 2.75) is 45.3 Å². The van der Waals surface area contributed by atoms with E-state index in [9.17, 15) is 9.59 Å². The molecule has 15 heavy (non-hydrogen) atoms. The van der Waals surface area contributed by atoms with Crippen molar-refractivity contribution in [1.29, 1.82) is 0 Å². The van der Waals surface area contributed by atoms with Gasteiger partial charge in [-0.05, 0) is 45.2 Å². The Kier molecular flexibility index (Phi) is 3.60. The van der Waals surface area contributed by atoms with Gasteiger partial charge < -0.3 is 4.74 Å². The van der Waals surface area contributed by atoms with Crippen LogP contribution in [0.15, 0.2) is 0 Å². The Labute approximate surface area is 94.5 Å². The number of ether oxygens (including phenoxy) is 1. The minimum Gasteiger partial charge on any atom is -0.444 e. The van der Waals surface area contributed by atoms with Crippen molar-refractivity contribution >= 4 is 22.9 Å². The van der Waals surface area contributed by atoms with Crippen LogP contribution in [0.3, 0.4) is 0 Å². The van der Waals surface area contributed by atoms with E-state index in [1.165, 1.54) is 4.90 Å². The molecule has 0 N–H and O–H groups in total. The quantitative estimate of drug-likeness (QED) is 0.652. The molecule has 1 saturated heterocycles. The lowest BCUT2D eigenvalue weighted by atomic mass is 10.2. The summed E-state index contributed by atoms with van der Waals surface area (Å²) in [7, 11) is 0. The second kappa shape index (κ2) is 4.39. The van der Waals surface area contributed by atoms with Gasteiger partial charge in [-0.15, -0.1) is 0 Å². The summed E-state index contributed by atoms with van der Waals surface area (Å²) in [5.74, 6) is 0. The highest BCUT2D eigenvalue weighted by molar-refractivity contribution is 6.64. The third kappa shape index (κ3) is 3.38. The first kappa shape index (κ1) is 12.3. The van der Waals surface area contributed by atoms with Crippen molar-refractivity contribution in [3.8, 4) is 0 Å². The maximum Gasteiger partial charge on any atom is 0.410 e. The second-order valence-electron chi connectivity index (χ2n) is 4.64. The smallest absolute Gasteiger partial charge is 0.410 e. The zero-order valence-corrected chi connectivity index (χ0v) is 10.0. The number of halogens is 1. The molecule has 5 heteroatoms. The first-order chi connectivity index (χ1) is 6.81. The molecule has 1 rings (SSSR count). The highest BCUT2D eigenvalue weighted by Gasteiger charge is 2.35. The van der Waals surface area contributed by atoms with Crippen LogP contribution in [0, 0.1) is 0 Å².